The number of hydrogen-bond acceptors (Lipinski definition) is 3. The number of rotatable bonds is 9. The minimum Gasteiger partial charge on any atom is -0.343 e. The molecule has 0 saturated carbocycles. The van der Waals surface area contributed by atoms with Crippen molar-refractivity contribution in [3.8, 4) is 0 Å². The summed E-state index contributed by atoms with van der Waals surface area (Å²) in [6, 6.07) is 0. The Morgan fingerprint density at radius 3 is 1.26 bits per heavy atom. The summed E-state index contributed by atoms with van der Waals surface area (Å²) in [7, 11) is -9.31. The van der Waals surface area contributed by atoms with Gasteiger partial charge in [-0.25, -0.2) is 4.57 Å². The van der Waals surface area contributed by atoms with E-state index in [2.05, 4.69) is 13.8 Å². The topological polar surface area (TPSA) is 152 Å². The Bertz CT molecular complexity index is 332. The SMILES string of the molecule is O=P(O)(O)O.O=S(=O)(O)O.[CH2-]CCCCCCCCCCC.[Na+]. The van der Waals surface area contributed by atoms with Gasteiger partial charge in [0, 0.05) is 0 Å². The Morgan fingerprint density at radius 2 is 1.04 bits per heavy atom. The van der Waals surface area contributed by atoms with Crippen LogP contribution in [0.25, 0.3) is 0 Å². The maximum Gasteiger partial charge on any atom is 1.00 e. The van der Waals surface area contributed by atoms with Crippen molar-refractivity contribution in [1.29, 1.82) is 0 Å². The maximum atomic E-state index is 8.88. The van der Waals surface area contributed by atoms with Crippen LogP contribution in [-0.4, -0.2) is 32.2 Å². The smallest absolute Gasteiger partial charge is 0.343 e. The van der Waals surface area contributed by atoms with E-state index < -0.39 is 18.2 Å². The largest absolute Gasteiger partial charge is 1.00 e. The fourth-order valence-corrected chi connectivity index (χ4v) is 1.49. The molecule has 0 bridgehead atoms. The Balaban J connectivity index is -0.000000137. The first-order valence-corrected chi connectivity index (χ1v) is 10.2. The van der Waals surface area contributed by atoms with E-state index in [4.69, 9.17) is 36.8 Å². The van der Waals surface area contributed by atoms with Crippen molar-refractivity contribution in [2.24, 2.45) is 0 Å². The predicted molar refractivity (Wildman–Crippen MR) is 85.6 cm³/mol. The van der Waals surface area contributed by atoms with Gasteiger partial charge in [-0.15, -0.1) is 0 Å². The van der Waals surface area contributed by atoms with Crippen molar-refractivity contribution in [3.63, 3.8) is 0 Å². The van der Waals surface area contributed by atoms with Gasteiger partial charge in [-0.3, -0.25) is 9.11 Å². The van der Waals surface area contributed by atoms with E-state index in [-0.39, 0.29) is 29.6 Å². The van der Waals surface area contributed by atoms with Gasteiger partial charge in [-0.05, 0) is 0 Å². The van der Waals surface area contributed by atoms with Gasteiger partial charge in [0.2, 0.25) is 0 Å². The van der Waals surface area contributed by atoms with Crippen LogP contribution in [0.4, 0.5) is 0 Å². The fourth-order valence-electron chi connectivity index (χ4n) is 1.49. The molecule has 0 aliphatic carbocycles. The zero-order valence-electron chi connectivity index (χ0n) is 14.1. The first kappa shape index (κ1) is 31.7. The summed E-state index contributed by atoms with van der Waals surface area (Å²) in [6.45, 7) is 6.12. The van der Waals surface area contributed by atoms with Crippen LogP contribution in [0.3, 0.4) is 0 Å². The summed E-state index contributed by atoms with van der Waals surface area (Å²) >= 11 is 0. The number of unbranched alkanes of at least 4 members (excludes halogenated alkanes) is 9. The van der Waals surface area contributed by atoms with Crippen molar-refractivity contribution in [1.82, 2.24) is 0 Å². The van der Waals surface area contributed by atoms with Crippen LogP contribution in [0.1, 0.15) is 71.1 Å². The normalized spacial score (nSPS) is 10.6. The third-order valence-corrected chi connectivity index (χ3v) is 2.35. The van der Waals surface area contributed by atoms with Crippen molar-refractivity contribution < 1.29 is 66.3 Å². The summed E-state index contributed by atoms with van der Waals surface area (Å²) < 4.78 is 40.5. The van der Waals surface area contributed by atoms with Crippen LogP contribution in [0.5, 0.6) is 0 Å². The van der Waals surface area contributed by atoms with Crippen LogP contribution in [0.15, 0.2) is 0 Å². The molecule has 0 radical (unpaired) electrons. The summed E-state index contributed by atoms with van der Waals surface area (Å²) in [6.07, 6.45) is 13.9. The molecule has 11 heteroatoms. The second kappa shape index (κ2) is 21.0. The van der Waals surface area contributed by atoms with E-state index in [0.717, 1.165) is 6.42 Å². The van der Waals surface area contributed by atoms with E-state index in [0.29, 0.717) is 0 Å². The molecular weight excluding hydrogens is 358 g/mol. The summed E-state index contributed by atoms with van der Waals surface area (Å²) in [5.74, 6) is 0. The molecule has 0 unspecified atom stereocenters. The second-order valence-electron chi connectivity index (χ2n) is 4.64. The van der Waals surface area contributed by atoms with Crippen LogP contribution in [0.2, 0.25) is 0 Å². The molecule has 0 aromatic carbocycles. The molecule has 0 aromatic heterocycles. The Morgan fingerprint density at radius 1 is 0.826 bits per heavy atom. The fraction of sp³-hybridized carbons (Fsp3) is 0.917. The van der Waals surface area contributed by atoms with E-state index in [9.17, 15) is 0 Å². The molecule has 0 spiro atoms. The molecule has 0 heterocycles. The van der Waals surface area contributed by atoms with Gasteiger partial charge in [0.05, 0.1) is 0 Å². The molecule has 0 aromatic rings. The molecular formula is C12H30NaO8PS. The molecule has 0 rings (SSSR count). The molecule has 138 valence electrons. The summed E-state index contributed by atoms with van der Waals surface area (Å²) in [5.41, 5.74) is 0. The third kappa shape index (κ3) is 102. The van der Waals surface area contributed by atoms with Crippen LogP contribution in [0, 0.1) is 6.92 Å². The van der Waals surface area contributed by atoms with Crippen molar-refractivity contribution in [2.75, 3.05) is 0 Å². The summed E-state index contributed by atoms with van der Waals surface area (Å²) in [4.78, 5) is 21.6. The van der Waals surface area contributed by atoms with Crippen LogP contribution >= 0.6 is 7.82 Å². The first-order valence-electron chi connectivity index (χ1n) is 7.19. The standard InChI is InChI=1S/C12H25.Na.H3O4P.H2O4S/c1-3-5-7-9-11-12-10-8-6-4-2;;2*1-5(2,3)4/h1,3-12H2,2H3;;(H3,1,2,3,4);(H2,1,2,3,4)/q-1;+1;;. The van der Waals surface area contributed by atoms with Crippen LogP contribution in [-0.2, 0) is 15.0 Å². The zero-order valence-corrected chi connectivity index (χ0v) is 17.8. The van der Waals surface area contributed by atoms with E-state index in [1.807, 2.05) is 0 Å². The van der Waals surface area contributed by atoms with Gasteiger partial charge in [-0.1, -0.05) is 64.7 Å². The van der Waals surface area contributed by atoms with Crippen LogP contribution < -0.4 is 29.6 Å². The minimum absolute atomic E-state index is 0. The van der Waals surface area contributed by atoms with Gasteiger partial charge in [0.1, 0.15) is 0 Å². The molecule has 0 fully saturated rings. The van der Waals surface area contributed by atoms with Gasteiger partial charge >= 0.3 is 47.8 Å². The van der Waals surface area contributed by atoms with Gasteiger partial charge in [0.25, 0.3) is 0 Å². The van der Waals surface area contributed by atoms with Gasteiger partial charge in [0.15, 0.2) is 0 Å². The Labute approximate surface area is 162 Å². The molecule has 23 heavy (non-hydrogen) atoms. The number of hydrogen-bond donors (Lipinski definition) is 5. The van der Waals surface area contributed by atoms with E-state index in [1.54, 1.807) is 0 Å². The minimum atomic E-state index is -4.67. The second-order valence-corrected chi connectivity index (χ2v) is 6.57. The molecule has 0 atom stereocenters. The van der Waals surface area contributed by atoms with E-state index in [1.165, 1.54) is 57.8 Å². The quantitative estimate of drug-likeness (QED) is 0.123. The predicted octanol–water partition coefficient (Wildman–Crippen LogP) is 0.164. The average Bonchev–Trinajstić information content (AvgIpc) is 2.28. The Hall–Kier alpha value is 0.980. The van der Waals surface area contributed by atoms with Crippen molar-refractivity contribution in [3.05, 3.63) is 6.92 Å². The monoisotopic (exact) mass is 388 g/mol. The molecule has 0 saturated heterocycles. The van der Waals surface area contributed by atoms with Gasteiger partial charge in [-0.2, -0.15) is 14.8 Å². The first-order chi connectivity index (χ1) is 9.91. The maximum absolute atomic E-state index is 8.88. The van der Waals surface area contributed by atoms with Crippen molar-refractivity contribution >= 4 is 18.2 Å². The molecule has 0 aliphatic rings. The molecule has 5 N–H and O–H groups in total. The third-order valence-electron chi connectivity index (χ3n) is 2.35. The molecule has 0 amide bonds. The molecule has 0 aliphatic heterocycles. The molecule has 8 nitrogen and oxygen atoms in total. The average molecular weight is 388 g/mol. The van der Waals surface area contributed by atoms with Crippen molar-refractivity contribution in [2.45, 2.75) is 71.1 Å². The summed E-state index contributed by atoms with van der Waals surface area (Å²) in [5, 5.41) is 0. The zero-order chi connectivity index (χ0) is 18.1. The Kier molecular flexibility index (Phi) is 29.0. The number of phosphoric acid groups is 1. The van der Waals surface area contributed by atoms with Gasteiger partial charge < -0.3 is 21.6 Å². The van der Waals surface area contributed by atoms with E-state index >= 15 is 0 Å².